The third kappa shape index (κ3) is 4.35. The SMILES string of the molecule is C=CCn1nnnc1NCc1cc(Cl)c(OC(C)C)c(OC)c1. The molecule has 0 spiro atoms. The normalized spacial score (nSPS) is 10.7. The first-order chi connectivity index (χ1) is 11.0. The van der Waals surface area contributed by atoms with Gasteiger partial charge in [0.25, 0.3) is 0 Å². The lowest BCUT2D eigenvalue weighted by atomic mass is 10.2. The van der Waals surface area contributed by atoms with E-state index in [9.17, 15) is 0 Å². The largest absolute Gasteiger partial charge is 0.493 e. The third-order valence-electron chi connectivity index (χ3n) is 2.93. The molecule has 1 aromatic carbocycles. The number of benzene rings is 1. The minimum atomic E-state index is 0.00824. The van der Waals surface area contributed by atoms with Gasteiger partial charge in [-0.15, -0.1) is 6.58 Å². The highest BCUT2D eigenvalue weighted by Gasteiger charge is 2.14. The summed E-state index contributed by atoms with van der Waals surface area (Å²) in [5.41, 5.74) is 0.927. The fourth-order valence-corrected chi connectivity index (χ4v) is 2.26. The summed E-state index contributed by atoms with van der Waals surface area (Å²) in [6, 6.07) is 3.70. The molecule has 1 heterocycles. The molecule has 23 heavy (non-hydrogen) atoms. The Balaban J connectivity index is 2.15. The molecule has 0 saturated carbocycles. The fourth-order valence-electron chi connectivity index (χ4n) is 1.98. The van der Waals surface area contributed by atoms with Gasteiger partial charge in [0.1, 0.15) is 0 Å². The minimum Gasteiger partial charge on any atom is -0.493 e. The second kappa shape index (κ2) is 7.82. The van der Waals surface area contributed by atoms with E-state index >= 15 is 0 Å². The molecule has 1 N–H and O–H groups in total. The molecular weight excluding hydrogens is 318 g/mol. The summed E-state index contributed by atoms with van der Waals surface area (Å²) in [6.45, 7) is 8.56. The lowest BCUT2D eigenvalue weighted by Gasteiger charge is -2.16. The number of nitrogens with zero attached hydrogens (tertiary/aromatic N) is 4. The van der Waals surface area contributed by atoms with Crippen LogP contribution in [0.3, 0.4) is 0 Å². The maximum absolute atomic E-state index is 6.31. The Morgan fingerprint density at radius 3 is 2.87 bits per heavy atom. The van der Waals surface area contributed by atoms with Crippen LogP contribution in [-0.4, -0.2) is 33.4 Å². The van der Waals surface area contributed by atoms with Crippen LogP contribution >= 0.6 is 11.6 Å². The van der Waals surface area contributed by atoms with Gasteiger partial charge in [-0.25, -0.2) is 4.68 Å². The quantitative estimate of drug-likeness (QED) is 0.746. The molecule has 124 valence electrons. The van der Waals surface area contributed by atoms with E-state index in [-0.39, 0.29) is 6.10 Å². The van der Waals surface area contributed by atoms with Crippen LogP contribution in [0.5, 0.6) is 11.5 Å². The molecule has 0 radical (unpaired) electrons. The maximum atomic E-state index is 6.31. The fraction of sp³-hybridized carbons (Fsp3) is 0.400. The van der Waals surface area contributed by atoms with Crippen LogP contribution in [-0.2, 0) is 13.1 Å². The first-order valence-corrected chi connectivity index (χ1v) is 7.57. The number of halogens is 1. The number of rotatable bonds is 8. The van der Waals surface area contributed by atoms with Crippen LogP contribution in [0.4, 0.5) is 5.95 Å². The van der Waals surface area contributed by atoms with Crippen LogP contribution in [0.2, 0.25) is 5.02 Å². The van der Waals surface area contributed by atoms with Crippen molar-refractivity contribution in [3.8, 4) is 11.5 Å². The summed E-state index contributed by atoms with van der Waals surface area (Å²) in [7, 11) is 1.58. The number of anilines is 1. The highest BCUT2D eigenvalue weighted by Crippen LogP contribution is 2.37. The zero-order valence-electron chi connectivity index (χ0n) is 13.4. The van der Waals surface area contributed by atoms with E-state index < -0.39 is 0 Å². The number of nitrogens with one attached hydrogen (secondary N) is 1. The van der Waals surface area contributed by atoms with Gasteiger partial charge >= 0.3 is 0 Å². The van der Waals surface area contributed by atoms with Crippen molar-refractivity contribution in [2.75, 3.05) is 12.4 Å². The van der Waals surface area contributed by atoms with Crippen LogP contribution < -0.4 is 14.8 Å². The van der Waals surface area contributed by atoms with Crippen molar-refractivity contribution < 1.29 is 9.47 Å². The monoisotopic (exact) mass is 337 g/mol. The smallest absolute Gasteiger partial charge is 0.243 e. The molecule has 0 aliphatic rings. The summed E-state index contributed by atoms with van der Waals surface area (Å²) in [5.74, 6) is 1.69. The summed E-state index contributed by atoms with van der Waals surface area (Å²) in [4.78, 5) is 0. The Bertz CT molecular complexity index is 672. The van der Waals surface area contributed by atoms with E-state index in [1.165, 1.54) is 0 Å². The van der Waals surface area contributed by atoms with Crippen LogP contribution in [0, 0.1) is 0 Å². The van der Waals surface area contributed by atoms with Gasteiger partial charge in [-0.3, -0.25) is 0 Å². The molecule has 2 rings (SSSR count). The minimum absolute atomic E-state index is 0.00824. The van der Waals surface area contributed by atoms with Crippen LogP contribution in [0.1, 0.15) is 19.4 Å². The second-order valence-electron chi connectivity index (χ2n) is 5.10. The number of tetrazole rings is 1. The van der Waals surface area contributed by atoms with Crippen LogP contribution in [0.25, 0.3) is 0 Å². The van der Waals surface area contributed by atoms with E-state index in [0.717, 1.165) is 5.56 Å². The van der Waals surface area contributed by atoms with E-state index in [4.69, 9.17) is 21.1 Å². The number of hydrogen-bond acceptors (Lipinski definition) is 6. The van der Waals surface area contributed by atoms with Gasteiger partial charge < -0.3 is 14.8 Å². The van der Waals surface area contributed by atoms with Crippen molar-refractivity contribution in [3.63, 3.8) is 0 Å². The van der Waals surface area contributed by atoms with Crippen molar-refractivity contribution in [2.24, 2.45) is 0 Å². The third-order valence-corrected chi connectivity index (χ3v) is 3.21. The predicted octanol–water partition coefficient (Wildman–Crippen LogP) is 2.92. The first-order valence-electron chi connectivity index (χ1n) is 7.19. The van der Waals surface area contributed by atoms with Crippen molar-refractivity contribution in [1.82, 2.24) is 20.2 Å². The number of hydrogen-bond donors (Lipinski definition) is 1. The number of aromatic nitrogens is 4. The van der Waals surface area contributed by atoms with Crippen molar-refractivity contribution in [3.05, 3.63) is 35.4 Å². The Labute approximate surface area is 140 Å². The summed E-state index contributed by atoms with van der Waals surface area (Å²) in [6.07, 6.45) is 1.73. The van der Waals surface area contributed by atoms with Gasteiger partial charge in [0.05, 0.1) is 24.8 Å². The maximum Gasteiger partial charge on any atom is 0.243 e. The topological polar surface area (TPSA) is 74.1 Å². The second-order valence-corrected chi connectivity index (χ2v) is 5.51. The Morgan fingerprint density at radius 1 is 1.43 bits per heavy atom. The highest BCUT2D eigenvalue weighted by atomic mass is 35.5. The van der Waals surface area contributed by atoms with Crippen molar-refractivity contribution in [2.45, 2.75) is 33.0 Å². The molecule has 0 fully saturated rings. The Morgan fingerprint density at radius 2 is 2.22 bits per heavy atom. The average molecular weight is 338 g/mol. The molecule has 0 saturated heterocycles. The van der Waals surface area contributed by atoms with E-state index in [1.54, 1.807) is 17.9 Å². The van der Waals surface area contributed by atoms with Gasteiger partial charge in [0.15, 0.2) is 11.5 Å². The molecule has 8 heteroatoms. The number of methoxy groups -OCH3 is 1. The van der Waals surface area contributed by atoms with Gasteiger partial charge in [0.2, 0.25) is 5.95 Å². The number of allylic oxidation sites excluding steroid dienone is 1. The molecule has 0 aliphatic carbocycles. The Kier molecular flexibility index (Phi) is 5.81. The van der Waals surface area contributed by atoms with Gasteiger partial charge in [0, 0.05) is 6.54 Å². The first kappa shape index (κ1) is 17.1. The molecule has 7 nitrogen and oxygen atoms in total. The summed E-state index contributed by atoms with van der Waals surface area (Å²) >= 11 is 6.31. The highest BCUT2D eigenvalue weighted by molar-refractivity contribution is 6.32. The zero-order chi connectivity index (χ0) is 16.8. The lowest BCUT2D eigenvalue weighted by Crippen LogP contribution is -2.10. The van der Waals surface area contributed by atoms with E-state index in [1.807, 2.05) is 26.0 Å². The molecular formula is C15H20ClN5O2. The van der Waals surface area contributed by atoms with E-state index in [2.05, 4.69) is 27.4 Å². The van der Waals surface area contributed by atoms with Gasteiger partial charge in [-0.1, -0.05) is 22.8 Å². The zero-order valence-corrected chi connectivity index (χ0v) is 14.2. The summed E-state index contributed by atoms with van der Waals surface area (Å²) < 4.78 is 12.7. The number of ether oxygens (including phenoxy) is 2. The molecule has 0 amide bonds. The van der Waals surface area contributed by atoms with Crippen molar-refractivity contribution >= 4 is 17.5 Å². The molecule has 0 bridgehead atoms. The molecule has 2 aromatic rings. The van der Waals surface area contributed by atoms with Gasteiger partial charge in [-0.2, -0.15) is 0 Å². The molecule has 1 aromatic heterocycles. The lowest BCUT2D eigenvalue weighted by molar-refractivity contribution is 0.230. The predicted molar refractivity (Wildman–Crippen MR) is 89.1 cm³/mol. The van der Waals surface area contributed by atoms with Gasteiger partial charge in [-0.05, 0) is 42.0 Å². The molecule has 0 atom stereocenters. The Hall–Kier alpha value is -2.28. The van der Waals surface area contributed by atoms with Crippen LogP contribution in [0.15, 0.2) is 24.8 Å². The van der Waals surface area contributed by atoms with Crippen molar-refractivity contribution in [1.29, 1.82) is 0 Å². The average Bonchev–Trinajstić information content (AvgIpc) is 2.94. The van der Waals surface area contributed by atoms with E-state index in [0.29, 0.717) is 35.6 Å². The molecule has 0 aliphatic heterocycles. The summed E-state index contributed by atoms with van der Waals surface area (Å²) in [5, 5.41) is 15.1. The standard InChI is InChI=1S/C15H20ClN5O2/c1-5-6-21-15(18-19-20-21)17-9-11-7-12(16)14(23-10(2)3)13(8-11)22-4/h5,7-8,10H,1,6,9H2,2-4H3,(H,17,18,20). The molecule has 0 unspecified atom stereocenters.